The van der Waals surface area contributed by atoms with Crippen molar-refractivity contribution in [2.24, 2.45) is 5.92 Å². The van der Waals surface area contributed by atoms with E-state index in [4.69, 9.17) is 16.0 Å². The molecule has 1 saturated heterocycles. The van der Waals surface area contributed by atoms with E-state index in [-0.39, 0.29) is 5.91 Å². The molecule has 1 fully saturated rings. The van der Waals surface area contributed by atoms with Crippen LogP contribution in [0, 0.1) is 5.92 Å². The van der Waals surface area contributed by atoms with Crippen LogP contribution in [-0.2, 0) is 11.2 Å². The number of likely N-dealkylation sites (tertiary alicyclic amines) is 1. The number of carbonyl (C=O) groups is 1. The van der Waals surface area contributed by atoms with Gasteiger partial charge in [0.05, 0.1) is 6.26 Å². The maximum absolute atomic E-state index is 11.8. The third-order valence-corrected chi connectivity index (χ3v) is 4.14. The first-order valence-corrected chi connectivity index (χ1v) is 7.09. The van der Waals surface area contributed by atoms with E-state index in [1.54, 1.807) is 6.26 Å². The molecular weight excluding hydrogens is 262 g/mol. The van der Waals surface area contributed by atoms with Gasteiger partial charge in [-0.2, -0.15) is 0 Å². The minimum atomic E-state index is 0.232. The van der Waals surface area contributed by atoms with Crippen molar-refractivity contribution in [1.82, 2.24) is 4.90 Å². The van der Waals surface area contributed by atoms with E-state index in [0.29, 0.717) is 18.2 Å². The van der Waals surface area contributed by atoms with Gasteiger partial charge in [-0.1, -0.05) is 6.07 Å². The Labute approximate surface area is 117 Å². The summed E-state index contributed by atoms with van der Waals surface area (Å²) in [6.07, 6.45) is 3.18. The minimum absolute atomic E-state index is 0.232. The molecule has 0 N–H and O–H groups in total. The summed E-state index contributed by atoms with van der Waals surface area (Å²) in [7, 11) is 0. The molecule has 1 amide bonds. The van der Waals surface area contributed by atoms with E-state index in [2.05, 4.69) is 12.1 Å². The molecule has 0 bridgehead atoms. The molecule has 1 aromatic carbocycles. The molecule has 0 aliphatic carbocycles. The van der Waals surface area contributed by atoms with Gasteiger partial charge in [0.1, 0.15) is 5.58 Å². The summed E-state index contributed by atoms with van der Waals surface area (Å²) in [4.78, 5) is 13.7. The summed E-state index contributed by atoms with van der Waals surface area (Å²) in [5.41, 5.74) is 2.14. The Morgan fingerprint density at radius 1 is 1.37 bits per heavy atom. The summed E-state index contributed by atoms with van der Waals surface area (Å²) in [5.74, 6) is 1.13. The van der Waals surface area contributed by atoms with Crippen molar-refractivity contribution in [2.75, 3.05) is 19.0 Å². The topological polar surface area (TPSA) is 33.5 Å². The van der Waals surface area contributed by atoms with Crippen LogP contribution in [0.1, 0.15) is 12.0 Å². The number of fused-ring (bicyclic) bond motifs is 1. The van der Waals surface area contributed by atoms with Crippen molar-refractivity contribution >= 4 is 28.5 Å². The van der Waals surface area contributed by atoms with Crippen LogP contribution in [0.5, 0.6) is 0 Å². The Balaban J connectivity index is 1.64. The zero-order chi connectivity index (χ0) is 13.2. The van der Waals surface area contributed by atoms with E-state index >= 15 is 0 Å². The lowest BCUT2D eigenvalue weighted by atomic mass is 10.1. The van der Waals surface area contributed by atoms with Crippen molar-refractivity contribution in [1.29, 1.82) is 0 Å². The van der Waals surface area contributed by atoms with Gasteiger partial charge >= 0.3 is 0 Å². The molecule has 2 aromatic rings. The van der Waals surface area contributed by atoms with Crippen molar-refractivity contribution in [3.63, 3.8) is 0 Å². The largest absolute Gasteiger partial charge is 0.464 e. The third kappa shape index (κ3) is 2.61. The Kier molecular flexibility index (Phi) is 3.47. The molecule has 1 aliphatic rings. The van der Waals surface area contributed by atoms with Crippen LogP contribution in [0.2, 0.25) is 0 Å². The summed E-state index contributed by atoms with van der Waals surface area (Å²) >= 11 is 5.82. The smallest absolute Gasteiger partial charge is 0.222 e. The number of benzene rings is 1. The van der Waals surface area contributed by atoms with Gasteiger partial charge in [-0.15, -0.1) is 11.6 Å². The van der Waals surface area contributed by atoms with Crippen LogP contribution < -0.4 is 0 Å². The quantitative estimate of drug-likeness (QED) is 0.805. The second kappa shape index (κ2) is 5.25. The van der Waals surface area contributed by atoms with Gasteiger partial charge in [-0.25, -0.2) is 0 Å². The average molecular weight is 278 g/mol. The van der Waals surface area contributed by atoms with Crippen molar-refractivity contribution < 1.29 is 9.21 Å². The lowest BCUT2D eigenvalue weighted by Gasteiger charge is -2.16. The van der Waals surface area contributed by atoms with Crippen LogP contribution in [-0.4, -0.2) is 29.8 Å². The molecule has 0 radical (unpaired) electrons. The molecule has 1 aliphatic heterocycles. The second-order valence-corrected chi connectivity index (χ2v) is 5.42. The highest BCUT2D eigenvalue weighted by Crippen LogP contribution is 2.21. The van der Waals surface area contributed by atoms with Crippen LogP contribution in [0.15, 0.2) is 34.9 Å². The predicted octanol–water partition coefficient (Wildman–Crippen LogP) is 3.06. The first-order valence-electron chi connectivity index (χ1n) is 6.56. The third-order valence-electron chi connectivity index (χ3n) is 3.70. The van der Waals surface area contributed by atoms with E-state index in [9.17, 15) is 4.79 Å². The van der Waals surface area contributed by atoms with E-state index < -0.39 is 0 Å². The molecule has 4 heteroatoms. The fraction of sp³-hybridized carbons (Fsp3) is 0.400. The number of rotatable bonds is 4. The van der Waals surface area contributed by atoms with Gasteiger partial charge in [0.15, 0.2) is 0 Å². The molecule has 1 aromatic heterocycles. The Hall–Kier alpha value is -1.48. The molecule has 19 heavy (non-hydrogen) atoms. The van der Waals surface area contributed by atoms with Gasteiger partial charge in [-0.3, -0.25) is 4.79 Å². The molecule has 3 nitrogen and oxygen atoms in total. The van der Waals surface area contributed by atoms with Crippen molar-refractivity contribution in [3.8, 4) is 0 Å². The molecule has 3 rings (SSSR count). The maximum Gasteiger partial charge on any atom is 0.222 e. The second-order valence-electron chi connectivity index (χ2n) is 5.11. The number of amides is 1. The fourth-order valence-electron chi connectivity index (χ4n) is 2.61. The SMILES string of the molecule is O=C1CC(CCl)CN1CCc1ccc2occc2c1. The zero-order valence-corrected chi connectivity index (χ0v) is 11.4. The van der Waals surface area contributed by atoms with Gasteiger partial charge in [-0.05, 0) is 36.1 Å². The summed E-state index contributed by atoms with van der Waals surface area (Å²) in [6.45, 7) is 1.58. The minimum Gasteiger partial charge on any atom is -0.464 e. The molecule has 0 saturated carbocycles. The molecule has 1 unspecified atom stereocenters. The summed E-state index contributed by atoms with van der Waals surface area (Å²) in [6, 6.07) is 8.13. The normalized spacial score (nSPS) is 19.5. The van der Waals surface area contributed by atoms with Gasteiger partial charge in [0, 0.05) is 30.8 Å². The van der Waals surface area contributed by atoms with E-state index in [0.717, 1.165) is 30.5 Å². The number of hydrogen-bond donors (Lipinski definition) is 0. The highest BCUT2D eigenvalue weighted by molar-refractivity contribution is 6.18. The Morgan fingerprint density at radius 2 is 2.26 bits per heavy atom. The average Bonchev–Trinajstić information content (AvgIpc) is 3.02. The maximum atomic E-state index is 11.8. The lowest BCUT2D eigenvalue weighted by molar-refractivity contribution is -0.127. The Morgan fingerprint density at radius 3 is 3.05 bits per heavy atom. The van der Waals surface area contributed by atoms with Gasteiger partial charge in [0.25, 0.3) is 0 Å². The van der Waals surface area contributed by atoms with Crippen LogP contribution in [0.3, 0.4) is 0 Å². The lowest BCUT2D eigenvalue weighted by Crippen LogP contribution is -2.27. The number of hydrogen-bond acceptors (Lipinski definition) is 2. The monoisotopic (exact) mass is 277 g/mol. The standard InChI is InChI=1S/C15H16ClNO2/c16-9-12-8-15(18)17(10-12)5-3-11-1-2-14-13(7-11)4-6-19-14/h1-2,4,6-7,12H,3,5,8-10H2. The molecule has 0 spiro atoms. The number of carbonyl (C=O) groups excluding carboxylic acids is 1. The van der Waals surface area contributed by atoms with Gasteiger partial charge in [0.2, 0.25) is 5.91 Å². The number of halogens is 1. The van der Waals surface area contributed by atoms with Crippen LogP contribution in [0.25, 0.3) is 11.0 Å². The van der Waals surface area contributed by atoms with Crippen molar-refractivity contribution in [2.45, 2.75) is 12.8 Å². The first-order chi connectivity index (χ1) is 9.26. The molecular formula is C15H16ClNO2. The van der Waals surface area contributed by atoms with Crippen molar-refractivity contribution in [3.05, 3.63) is 36.1 Å². The summed E-state index contributed by atoms with van der Waals surface area (Å²) < 4.78 is 5.32. The predicted molar refractivity (Wildman–Crippen MR) is 75.3 cm³/mol. The number of nitrogens with zero attached hydrogens (tertiary/aromatic N) is 1. The number of alkyl halides is 1. The van der Waals surface area contributed by atoms with Crippen LogP contribution >= 0.6 is 11.6 Å². The van der Waals surface area contributed by atoms with E-state index in [1.165, 1.54) is 5.56 Å². The molecule has 2 heterocycles. The Bertz CT molecular complexity index is 593. The highest BCUT2D eigenvalue weighted by atomic mass is 35.5. The van der Waals surface area contributed by atoms with Crippen LogP contribution in [0.4, 0.5) is 0 Å². The number of furan rings is 1. The first kappa shape index (κ1) is 12.5. The van der Waals surface area contributed by atoms with E-state index in [1.807, 2.05) is 17.0 Å². The summed E-state index contributed by atoms with van der Waals surface area (Å²) in [5, 5.41) is 1.11. The highest BCUT2D eigenvalue weighted by Gasteiger charge is 2.28. The fourth-order valence-corrected chi connectivity index (χ4v) is 2.82. The molecule has 1 atom stereocenters. The van der Waals surface area contributed by atoms with Gasteiger partial charge < -0.3 is 9.32 Å². The zero-order valence-electron chi connectivity index (χ0n) is 10.6. The molecule has 100 valence electrons.